The second-order valence-corrected chi connectivity index (χ2v) is 8.21. The summed E-state index contributed by atoms with van der Waals surface area (Å²) in [5.41, 5.74) is 1.99. The number of ketones is 1. The molecule has 1 aliphatic heterocycles. The van der Waals surface area contributed by atoms with Crippen molar-refractivity contribution < 1.29 is 23.8 Å². The topological polar surface area (TPSA) is 66.8 Å². The first-order valence-corrected chi connectivity index (χ1v) is 10.6. The molecule has 32 heavy (non-hydrogen) atoms. The number of Topliss-reactive ketones (excluding diaryl/α,β-unsaturated/α-hetero) is 1. The SMILES string of the molecule is COc1ccc(/C(O)=C2\C(=O)C(=O)N(c3cccc(F)c3)C2c2ccccc2C)cc1Br. The van der Waals surface area contributed by atoms with E-state index in [1.165, 1.54) is 30.2 Å². The molecule has 1 unspecified atom stereocenters. The molecule has 1 heterocycles. The predicted molar refractivity (Wildman–Crippen MR) is 123 cm³/mol. The third kappa shape index (κ3) is 3.69. The Balaban J connectivity index is 1.97. The summed E-state index contributed by atoms with van der Waals surface area (Å²) < 4.78 is 19.8. The molecule has 1 aliphatic rings. The summed E-state index contributed by atoms with van der Waals surface area (Å²) >= 11 is 3.38. The number of carbonyl (C=O) groups excluding carboxylic acids is 2. The Labute approximate surface area is 192 Å². The number of amides is 1. The summed E-state index contributed by atoms with van der Waals surface area (Å²) in [6, 6.07) is 16.7. The van der Waals surface area contributed by atoms with E-state index in [0.29, 0.717) is 21.3 Å². The van der Waals surface area contributed by atoms with Gasteiger partial charge in [-0.15, -0.1) is 0 Å². The van der Waals surface area contributed by atoms with Crippen molar-refractivity contribution in [2.24, 2.45) is 0 Å². The Morgan fingerprint density at radius 3 is 2.47 bits per heavy atom. The molecule has 1 amide bonds. The fourth-order valence-electron chi connectivity index (χ4n) is 3.88. The highest BCUT2D eigenvalue weighted by Crippen LogP contribution is 2.43. The third-order valence-electron chi connectivity index (χ3n) is 5.44. The quantitative estimate of drug-likeness (QED) is 0.293. The summed E-state index contributed by atoms with van der Waals surface area (Å²) in [5, 5.41) is 11.2. The molecule has 5 nitrogen and oxygen atoms in total. The van der Waals surface area contributed by atoms with Crippen molar-refractivity contribution in [1.29, 1.82) is 0 Å². The Kier molecular flexibility index (Phi) is 5.84. The summed E-state index contributed by atoms with van der Waals surface area (Å²) in [4.78, 5) is 27.5. The molecule has 1 fully saturated rings. The first-order valence-electron chi connectivity index (χ1n) is 9.79. The third-order valence-corrected chi connectivity index (χ3v) is 6.06. The van der Waals surface area contributed by atoms with Crippen LogP contribution < -0.4 is 9.64 Å². The molecule has 0 radical (unpaired) electrons. The number of hydrogen-bond acceptors (Lipinski definition) is 4. The van der Waals surface area contributed by atoms with Crippen LogP contribution in [0.1, 0.15) is 22.7 Å². The summed E-state index contributed by atoms with van der Waals surface area (Å²) in [6.07, 6.45) is 0. The standard InChI is InChI=1S/C25H19BrFNO4/c1-14-6-3-4-9-18(14)22-21(23(29)15-10-11-20(32-2)19(26)12-15)24(30)25(31)28(22)17-8-5-7-16(27)13-17/h3-13,22,29H,1-2H3/b23-21+. The van der Waals surface area contributed by atoms with E-state index in [0.717, 1.165) is 5.56 Å². The van der Waals surface area contributed by atoms with Crippen LogP contribution in [0.5, 0.6) is 5.75 Å². The molecule has 162 valence electrons. The van der Waals surface area contributed by atoms with Crippen LogP contribution in [0.25, 0.3) is 5.76 Å². The van der Waals surface area contributed by atoms with Gasteiger partial charge in [-0.1, -0.05) is 30.3 Å². The second kappa shape index (κ2) is 8.59. The smallest absolute Gasteiger partial charge is 0.300 e. The lowest BCUT2D eigenvalue weighted by atomic mass is 9.92. The van der Waals surface area contributed by atoms with Crippen LogP contribution in [0.3, 0.4) is 0 Å². The van der Waals surface area contributed by atoms with E-state index in [4.69, 9.17) is 4.74 Å². The van der Waals surface area contributed by atoms with E-state index >= 15 is 0 Å². The Hall–Kier alpha value is -3.45. The van der Waals surface area contributed by atoms with Crippen LogP contribution in [0, 0.1) is 12.7 Å². The average Bonchev–Trinajstić information content (AvgIpc) is 3.04. The van der Waals surface area contributed by atoms with E-state index in [2.05, 4.69) is 15.9 Å². The van der Waals surface area contributed by atoms with Crippen molar-refractivity contribution in [1.82, 2.24) is 0 Å². The van der Waals surface area contributed by atoms with Crippen molar-refractivity contribution in [2.75, 3.05) is 12.0 Å². The molecule has 1 atom stereocenters. The molecule has 0 aromatic heterocycles. The fraction of sp³-hybridized carbons (Fsp3) is 0.120. The molecule has 7 heteroatoms. The van der Waals surface area contributed by atoms with Gasteiger partial charge in [0.1, 0.15) is 17.3 Å². The zero-order valence-corrected chi connectivity index (χ0v) is 18.9. The number of ether oxygens (including phenoxy) is 1. The highest BCUT2D eigenvalue weighted by atomic mass is 79.9. The van der Waals surface area contributed by atoms with Gasteiger partial charge >= 0.3 is 0 Å². The first kappa shape index (κ1) is 21.8. The van der Waals surface area contributed by atoms with E-state index in [1.807, 2.05) is 19.1 Å². The normalized spacial score (nSPS) is 17.6. The Bertz CT molecular complexity index is 1270. The molecule has 0 saturated carbocycles. The van der Waals surface area contributed by atoms with Gasteiger partial charge in [-0.05, 0) is 70.4 Å². The maximum absolute atomic E-state index is 14.0. The predicted octanol–water partition coefficient (Wildman–Crippen LogP) is 5.53. The van der Waals surface area contributed by atoms with Gasteiger partial charge in [0.15, 0.2) is 0 Å². The van der Waals surface area contributed by atoms with Gasteiger partial charge in [-0.25, -0.2) is 4.39 Å². The van der Waals surface area contributed by atoms with E-state index in [1.54, 1.807) is 36.4 Å². The largest absolute Gasteiger partial charge is 0.507 e. The monoisotopic (exact) mass is 495 g/mol. The molecule has 1 N–H and O–H groups in total. The zero-order valence-electron chi connectivity index (χ0n) is 17.3. The lowest BCUT2D eigenvalue weighted by molar-refractivity contribution is -0.132. The van der Waals surface area contributed by atoms with E-state index in [9.17, 15) is 19.1 Å². The van der Waals surface area contributed by atoms with Crippen molar-refractivity contribution in [2.45, 2.75) is 13.0 Å². The number of nitrogens with zero attached hydrogens (tertiary/aromatic N) is 1. The number of rotatable bonds is 4. The lowest BCUT2D eigenvalue weighted by Gasteiger charge is -2.26. The molecular weight excluding hydrogens is 477 g/mol. The van der Waals surface area contributed by atoms with Gasteiger partial charge in [-0.2, -0.15) is 0 Å². The number of anilines is 1. The van der Waals surface area contributed by atoms with Crippen molar-refractivity contribution in [3.05, 3.63) is 99.3 Å². The molecule has 4 rings (SSSR count). The van der Waals surface area contributed by atoms with Crippen LogP contribution in [-0.2, 0) is 9.59 Å². The van der Waals surface area contributed by atoms with Gasteiger partial charge in [-0.3, -0.25) is 14.5 Å². The molecule has 0 bridgehead atoms. The Morgan fingerprint density at radius 2 is 1.81 bits per heavy atom. The van der Waals surface area contributed by atoms with E-state index < -0.39 is 23.5 Å². The van der Waals surface area contributed by atoms with Gasteiger partial charge < -0.3 is 9.84 Å². The van der Waals surface area contributed by atoms with Crippen LogP contribution in [0.2, 0.25) is 0 Å². The fourth-order valence-corrected chi connectivity index (χ4v) is 4.42. The molecule has 1 saturated heterocycles. The summed E-state index contributed by atoms with van der Waals surface area (Å²) in [6.45, 7) is 1.85. The minimum atomic E-state index is -0.918. The molecular formula is C25H19BrFNO4. The minimum absolute atomic E-state index is 0.0642. The van der Waals surface area contributed by atoms with Crippen molar-refractivity contribution >= 4 is 39.1 Å². The molecule has 0 aliphatic carbocycles. The number of carbonyl (C=O) groups is 2. The second-order valence-electron chi connectivity index (χ2n) is 7.35. The van der Waals surface area contributed by atoms with Gasteiger partial charge in [0, 0.05) is 11.3 Å². The number of methoxy groups -OCH3 is 1. The maximum atomic E-state index is 14.0. The number of aliphatic hydroxyl groups excluding tert-OH is 1. The van der Waals surface area contributed by atoms with Gasteiger partial charge in [0.05, 0.1) is 23.2 Å². The van der Waals surface area contributed by atoms with Gasteiger partial charge in [0.25, 0.3) is 11.7 Å². The maximum Gasteiger partial charge on any atom is 0.300 e. The van der Waals surface area contributed by atoms with Crippen molar-refractivity contribution in [3.8, 4) is 5.75 Å². The molecule has 3 aromatic rings. The number of aliphatic hydroxyl groups is 1. The number of hydrogen-bond donors (Lipinski definition) is 1. The van der Waals surface area contributed by atoms with Crippen LogP contribution in [-0.4, -0.2) is 23.9 Å². The molecule has 3 aromatic carbocycles. The van der Waals surface area contributed by atoms with Crippen LogP contribution >= 0.6 is 15.9 Å². The zero-order chi connectivity index (χ0) is 23.0. The number of benzene rings is 3. The average molecular weight is 496 g/mol. The number of aryl methyl sites for hydroxylation is 1. The highest BCUT2D eigenvalue weighted by molar-refractivity contribution is 9.10. The summed E-state index contributed by atoms with van der Waals surface area (Å²) in [7, 11) is 1.52. The lowest BCUT2D eigenvalue weighted by Crippen LogP contribution is -2.29. The van der Waals surface area contributed by atoms with Crippen LogP contribution in [0.15, 0.2) is 76.8 Å². The van der Waals surface area contributed by atoms with E-state index in [-0.39, 0.29) is 17.0 Å². The number of halogens is 2. The molecule has 0 spiro atoms. The highest BCUT2D eigenvalue weighted by Gasteiger charge is 2.47. The van der Waals surface area contributed by atoms with Crippen LogP contribution in [0.4, 0.5) is 10.1 Å². The summed E-state index contributed by atoms with van der Waals surface area (Å²) in [5.74, 6) is -1.98. The first-order chi connectivity index (χ1) is 15.3. The van der Waals surface area contributed by atoms with Crippen molar-refractivity contribution in [3.63, 3.8) is 0 Å². The van der Waals surface area contributed by atoms with Gasteiger partial charge in [0.2, 0.25) is 0 Å². The minimum Gasteiger partial charge on any atom is -0.507 e. The Morgan fingerprint density at radius 1 is 1.06 bits per heavy atom.